The lowest BCUT2D eigenvalue weighted by atomic mass is 10.1. The Hall–Kier alpha value is -2.30. The first kappa shape index (κ1) is 23.4. The molecule has 10 heteroatoms. The van der Waals surface area contributed by atoms with Crippen LogP contribution in [0.1, 0.15) is 12.8 Å². The van der Waals surface area contributed by atoms with Crippen molar-refractivity contribution in [3.05, 3.63) is 65.9 Å². The van der Waals surface area contributed by atoms with E-state index in [-0.39, 0.29) is 11.4 Å². The van der Waals surface area contributed by atoms with E-state index in [0.717, 1.165) is 36.7 Å². The second-order valence-electron chi connectivity index (χ2n) is 8.63. The first-order valence-corrected chi connectivity index (χ1v) is 13.5. The second-order valence-corrected chi connectivity index (χ2v) is 11.5. The van der Waals surface area contributed by atoms with Crippen molar-refractivity contribution in [1.29, 1.82) is 0 Å². The van der Waals surface area contributed by atoms with E-state index >= 15 is 0 Å². The summed E-state index contributed by atoms with van der Waals surface area (Å²) < 4.78 is 28.1. The number of nitrogens with one attached hydrogen (secondary N) is 1. The molecule has 0 aliphatic carbocycles. The molecule has 2 aliphatic heterocycles. The van der Waals surface area contributed by atoms with E-state index in [0.29, 0.717) is 29.1 Å². The van der Waals surface area contributed by atoms with Gasteiger partial charge in [-0.25, -0.2) is 13.8 Å². The topological polar surface area (TPSA) is 68.8 Å². The maximum Gasteiger partial charge on any atom is 0.243 e. The Labute approximate surface area is 210 Å². The van der Waals surface area contributed by atoms with E-state index in [9.17, 15) is 8.42 Å². The number of nitrogens with zero attached hydrogens (tertiary/aromatic N) is 4. The van der Waals surface area contributed by atoms with Crippen molar-refractivity contribution in [1.82, 2.24) is 19.7 Å². The van der Waals surface area contributed by atoms with E-state index in [4.69, 9.17) is 23.8 Å². The molecule has 34 heavy (non-hydrogen) atoms. The zero-order valence-electron chi connectivity index (χ0n) is 18.6. The number of anilines is 1. The molecule has 0 spiro atoms. The van der Waals surface area contributed by atoms with Gasteiger partial charge in [-0.05, 0) is 60.0 Å². The van der Waals surface area contributed by atoms with Gasteiger partial charge < -0.3 is 4.90 Å². The number of piperidine rings is 1. The molecule has 0 bridgehead atoms. The molecule has 3 aromatic rings. The van der Waals surface area contributed by atoms with Crippen molar-refractivity contribution >= 4 is 55.3 Å². The van der Waals surface area contributed by atoms with Gasteiger partial charge in [0.1, 0.15) is 4.99 Å². The fourth-order valence-corrected chi connectivity index (χ4v) is 6.53. The van der Waals surface area contributed by atoms with Crippen LogP contribution in [0.25, 0.3) is 10.8 Å². The average Bonchev–Trinajstić information content (AvgIpc) is 2.86. The maximum absolute atomic E-state index is 13.3. The SMILES string of the molecule is O=S(=O)(c1ccc2cc(Cl)ccc2c1)N1CCN(NC2CCN(c3ccncc3)CC2)C(=S)C1. The number of thiocarbonyl (C=S) groups is 1. The van der Waals surface area contributed by atoms with E-state index in [1.807, 2.05) is 41.7 Å². The lowest BCUT2D eigenvalue weighted by molar-refractivity contribution is 0.203. The number of hydrazine groups is 1. The molecular weight excluding hydrogens is 490 g/mol. The molecule has 5 rings (SSSR count). The number of fused-ring (bicyclic) bond motifs is 1. The summed E-state index contributed by atoms with van der Waals surface area (Å²) in [7, 11) is -3.64. The van der Waals surface area contributed by atoms with Gasteiger partial charge in [-0.1, -0.05) is 36.0 Å². The van der Waals surface area contributed by atoms with Crippen LogP contribution in [0.15, 0.2) is 65.8 Å². The fourth-order valence-electron chi connectivity index (χ4n) is 4.54. The van der Waals surface area contributed by atoms with Crippen LogP contribution in [0, 0.1) is 0 Å². The van der Waals surface area contributed by atoms with Gasteiger partial charge in [0.05, 0.1) is 11.4 Å². The van der Waals surface area contributed by atoms with E-state index in [2.05, 4.69) is 15.3 Å². The van der Waals surface area contributed by atoms with Crippen LogP contribution >= 0.6 is 23.8 Å². The molecule has 1 N–H and O–H groups in total. The van der Waals surface area contributed by atoms with Crippen molar-refractivity contribution in [2.75, 3.05) is 37.6 Å². The summed E-state index contributed by atoms with van der Waals surface area (Å²) >= 11 is 11.7. The minimum atomic E-state index is -3.64. The van der Waals surface area contributed by atoms with Crippen molar-refractivity contribution in [2.24, 2.45) is 0 Å². The fraction of sp³-hybridized carbons (Fsp3) is 0.333. The Morgan fingerprint density at radius 3 is 2.38 bits per heavy atom. The van der Waals surface area contributed by atoms with Crippen molar-refractivity contribution < 1.29 is 8.42 Å². The number of rotatable bonds is 5. The van der Waals surface area contributed by atoms with Crippen molar-refractivity contribution in [2.45, 2.75) is 23.8 Å². The van der Waals surface area contributed by atoms with Crippen molar-refractivity contribution in [3.8, 4) is 0 Å². The first-order valence-electron chi connectivity index (χ1n) is 11.3. The molecule has 2 aliphatic rings. The standard InChI is InChI=1S/C24H26ClN5O2S2/c25-20-3-1-19-16-23(4-2-18(19)15-20)34(31,32)29-13-14-30(24(33)17-29)27-21-7-11-28(12-8-21)22-5-9-26-10-6-22/h1-6,9-10,15-16,21,27H,7-8,11-14,17H2. The molecule has 0 atom stereocenters. The molecule has 1 aromatic heterocycles. The van der Waals surface area contributed by atoms with Crippen LogP contribution in [0.3, 0.4) is 0 Å². The molecule has 0 saturated carbocycles. The molecule has 3 heterocycles. The number of halogens is 1. The van der Waals surface area contributed by atoms with Gasteiger partial charge in [-0.15, -0.1) is 0 Å². The third-order valence-electron chi connectivity index (χ3n) is 6.46. The smallest absolute Gasteiger partial charge is 0.243 e. The predicted octanol–water partition coefficient (Wildman–Crippen LogP) is 3.70. The number of hydrogen-bond acceptors (Lipinski definition) is 6. The molecule has 2 aromatic carbocycles. The normalized spacial score (nSPS) is 18.6. The third kappa shape index (κ3) is 4.89. The van der Waals surface area contributed by atoms with Crippen LogP contribution in [-0.4, -0.2) is 66.5 Å². The first-order chi connectivity index (χ1) is 16.4. The largest absolute Gasteiger partial charge is 0.371 e. The summed E-state index contributed by atoms with van der Waals surface area (Å²) in [5.74, 6) is 0. The number of piperazine rings is 1. The monoisotopic (exact) mass is 515 g/mol. The quantitative estimate of drug-likeness (QED) is 0.520. The van der Waals surface area contributed by atoms with Gasteiger partial charge in [0.2, 0.25) is 10.0 Å². The molecular formula is C24H26ClN5O2S2. The summed E-state index contributed by atoms with van der Waals surface area (Å²) in [6.07, 6.45) is 5.62. The average molecular weight is 516 g/mol. The van der Waals surface area contributed by atoms with Crippen LogP contribution in [0.2, 0.25) is 5.02 Å². The minimum absolute atomic E-state index is 0.194. The van der Waals surface area contributed by atoms with Crippen LogP contribution in [0.4, 0.5) is 5.69 Å². The molecule has 0 amide bonds. The van der Waals surface area contributed by atoms with Gasteiger partial charge in [0.25, 0.3) is 0 Å². The summed E-state index contributed by atoms with van der Waals surface area (Å²) in [6.45, 7) is 3.00. The Kier molecular flexibility index (Phi) is 6.72. The highest BCUT2D eigenvalue weighted by Crippen LogP contribution is 2.26. The molecule has 7 nitrogen and oxygen atoms in total. The lowest BCUT2D eigenvalue weighted by Crippen LogP contribution is -2.59. The number of hydrogen-bond donors (Lipinski definition) is 1. The van der Waals surface area contributed by atoms with E-state index < -0.39 is 10.0 Å². The Bertz CT molecular complexity index is 1300. The highest BCUT2D eigenvalue weighted by molar-refractivity contribution is 7.89. The Morgan fingerprint density at radius 1 is 0.941 bits per heavy atom. The zero-order chi connectivity index (χ0) is 23.7. The maximum atomic E-state index is 13.3. The summed E-state index contributed by atoms with van der Waals surface area (Å²) in [5.41, 5.74) is 4.73. The second kappa shape index (κ2) is 9.75. The molecule has 0 radical (unpaired) electrons. The number of benzene rings is 2. The molecule has 178 valence electrons. The molecule has 2 saturated heterocycles. The van der Waals surface area contributed by atoms with Gasteiger partial charge in [0, 0.05) is 55.3 Å². The summed E-state index contributed by atoms with van der Waals surface area (Å²) in [5, 5.41) is 4.33. The third-order valence-corrected chi connectivity index (χ3v) is 8.88. The van der Waals surface area contributed by atoms with Gasteiger partial charge >= 0.3 is 0 Å². The van der Waals surface area contributed by atoms with Crippen molar-refractivity contribution in [3.63, 3.8) is 0 Å². The minimum Gasteiger partial charge on any atom is -0.371 e. The number of pyridine rings is 1. The highest BCUT2D eigenvalue weighted by Gasteiger charge is 2.32. The number of aromatic nitrogens is 1. The summed E-state index contributed by atoms with van der Waals surface area (Å²) in [6, 6.07) is 14.9. The zero-order valence-corrected chi connectivity index (χ0v) is 21.0. The van der Waals surface area contributed by atoms with Gasteiger partial charge in [-0.3, -0.25) is 9.99 Å². The van der Waals surface area contributed by atoms with Crippen LogP contribution in [-0.2, 0) is 10.0 Å². The Balaban J connectivity index is 1.19. The molecule has 2 fully saturated rings. The predicted molar refractivity (Wildman–Crippen MR) is 140 cm³/mol. The van der Waals surface area contributed by atoms with Crippen LogP contribution < -0.4 is 10.3 Å². The summed E-state index contributed by atoms with van der Waals surface area (Å²) in [4.78, 5) is 7.32. The van der Waals surface area contributed by atoms with E-state index in [1.54, 1.807) is 24.3 Å². The number of sulfonamides is 1. The lowest BCUT2D eigenvalue weighted by Gasteiger charge is -2.40. The molecule has 0 unspecified atom stereocenters. The Morgan fingerprint density at radius 2 is 1.65 bits per heavy atom. The van der Waals surface area contributed by atoms with Gasteiger partial charge in [0.15, 0.2) is 0 Å². The highest BCUT2D eigenvalue weighted by atomic mass is 35.5. The van der Waals surface area contributed by atoms with E-state index in [1.165, 1.54) is 9.99 Å². The van der Waals surface area contributed by atoms with Crippen LogP contribution in [0.5, 0.6) is 0 Å². The van der Waals surface area contributed by atoms with Gasteiger partial charge in [-0.2, -0.15) is 4.31 Å².